The molecule has 0 atom stereocenters. The molecule has 0 radical (unpaired) electrons. The Balaban J connectivity index is 0.00000180. The van der Waals surface area contributed by atoms with Crippen LogP contribution >= 0.6 is 23.7 Å². The summed E-state index contributed by atoms with van der Waals surface area (Å²) in [6.07, 6.45) is 2.47. The van der Waals surface area contributed by atoms with Gasteiger partial charge in [-0.15, -0.1) is 12.4 Å². The van der Waals surface area contributed by atoms with Crippen LogP contribution in [0, 0.1) is 13.8 Å². The van der Waals surface area contributed by atoms with Crippen molar-refractivity contribution in [2.75, 3.05) is 12.3 Å². The Bertz CT molecular complexity index is 564. The van der Waals surface area contributed by atoms with Gasteiger partial charge in [0.2, 0.25) is 5.51 Å². The van der Waals surface area contributed by atoms with Crippen LogP contribution in [0.5, 0.6) is 0 Å². The van der Waals surface area contributed by atoms with E-state index in [0.29, 0.717) is 24.6 Å². The summed E-state index contributed by atoms with van der Waals surface area (Å²) in [7, 11) is 0. The average molecular weight is 344 g/mol. The van der Waals surface area contributed by atoms with E-state index in [1.165, 1.54) is 4.88 Å². The van der Waals surface area contributed by atoms with E-state index in [4.69, 9.17) is 10.8 Å². The van der Waals surface area contributed by atoms with Gasteiger partial charge >= 0.3 is 37.7 Å². The summed E-state index contributed by atoms with van der Waals surface area (Å²) in [5, 5.41) is 8.98. The quantitative estimate of drug-likeness (QED) is 0.610. The second-order valence-electron chi connectivity index (χ2n) is 4.16. The Kier molecular flexibility index (Phi) is 9.13. The standard InChI is InChI=1S/C12H17N4OS.Ca.ClH.2H/c1-8-11(3-4-17)18-7-16(8)6-10-5-14-9(2)15-12(10)13;;;;/h5,7,17H,3-4,6H2,1-2H3,(H2,13,14,15);;1H;;/q+1;;;;. The molecule has 0 aliphatic rings. The molecule has 2 heterocycles. The third-order valence-electron chi connectivity index (χ3n) is 2.85. The van der Waals surface area contributed by atoms with Crippen LogP contribution in [0.1, 0.15) is 22.0 Å². The summed E-state index contributed by atoms with van der Waals surface area (Å²) < 4.78 is 2.11. The van der Waals surface area contributed by atoms with Crippen molar-refractivity contribution in [2.24, 2.45) is 0 Å². The van der Waals surface area contributed by atoms with Gasteiger partial charge in [-0.1, -0.05) is 11.3 Å². The molecule has 108 valence electrons. The van der Waals surface area contributed by atoms with E-state index >= 15 is 0 Å². The van der Waals surface area contributed by atoms with Gasteiger partial charge in [-0.3, -0.25) is 0 Å². The Morgan fingerprint density at radius 2 is 2.10 bits per heavy atom. The Labute approximate surface area is 158 Å². The number of aromatic nitrogens is 3. The molecule has 0 saturated heterocycles. The molecule has 0 bridgehead atoms. The van der Waals surface area contributed by atoms with Gasteiger partial charge in [0.1, 0.15) is 11.6 Å². The summed E-state index contributed by atoms with van der Waals surface area (Å²) in [6.45, 7) is 4.71. The molecule has 2 rings (SSSR count). The molecular formula is C12H20CaClN4OS+. The Hall–Kier alpha value is 0.0197. The second kappa shape index (κ2) is 9.12. The predicted molar refractivity (Wildman–Crippen MR) is 86.1 cm³/mol. The maximum atomic E-state index is 8.98. The van der Waals surface area contributed by atoms with Crippen LogP contribution in [-0.4, -0.2) is 59.4 Å². The van der Waals surface area contributed by atoms with E-state index in [1.807, 2.05) is 19.4 Å². The average Bonchev–Trinajstić information content (AvgIpc) is 2.66. The molecule has 0 fully saturated rings. The molecule has 0 unspecified atom stereocenters. The second-order valence-corrected chi connectivity index (χ2v) is 5.10. The SMILES string of the molecule is Cc1ncc(C[n+]2csc(CCO)c2C)c(N)n1.Cl.[CaH2]. The topological polar surface area (TPSA) is 75.9 Å². The molecule has 0 saturated carbocycles. The van der Waals surface area contributed by atoms with E-state index in [2.05, 4.69) is 14.5 Å². The molecule has 0 spiro atoms. The number of aryl methyl sites for hydroxylation is 1. The molecule has 0 aromatic carbocycles. The number of rotatable bonds is 4. The Morgan fingerprint density at radius 3 is 2.70 bits per heavy atom. The van der Waals surface area contributed by atoms with Crippen molar-refractivity contribution in [3.63, 3.8) is 0 Å². The van der Waals surface area contributed by atoms with Crippen molar-refractivity contribution >= 4 is 67.3 Å². The first-order valence-electron chi connectivity index (χ1n) is 5.77. The zero-order valence-corrected chi connectivity index (χ0v) is 12.6. The van der Waals surface area contributed by atoms with E-state index in [0.717, 1.165) is 11.3 Å². The number of aliphatic hydroxyl groups excluding tert-OH is 1. The maximum absolute atomic E-state index is 8.98. The molecule has 8 heteroatoms. The molecule has 3 N–H and O–H groups in total. The summed E-state index contributed by atoms with van der Waals surface area (Å²) in [5.74, 6) is 1.22. The summed E-state index contributed by atoms with van der Waals surface area (Å²) in [6, 6.07) is 0. The minimum atomic E-state index is 0. The van der Waals surface area contributed by atoms with E-state index in [9.17, 15) is 0 Å². The van der Waals surface area contributed by atoms with E-state index in [-0.39, 0.29) is 56.8 Å². The first-order valence-corrected chi connectivity index (χ1v) is 6.65. The van der Waals surface area contributed by atoms with Crippen LogP contribution < -0.4 is 10.3 Å². The summed E-state index contributed by atoms with van der Waals surface area (Å²) in [5.41, 5.74) is 10.0. The molecule has 0 aliphatic carbocycles. The molecule has 5 nitrogen and oxygen atoms in total. The first kappa shape index (κ1) is 20.0. The number of aliphatic hydroxyl groups is 1. The zero-order chi connectivity index (χ0) is 13.1. The molecule has 0 amide bonds. The van der Waals surface area contributed by atoms with Gasteiger partial charge in [0, 0.05) is 26.1 Å². The van der Waals surface area contributed by atoms with Crippen molar-refractivity contribution in [3.8, 4) is 0 Å². The molecule has 0 aliphatic heterocycles. The van der Waals surface area contributed by atoms with Crippen LogP contribution in [0.2, 0.25) is 0 Å². The van der Waals surface area contributed by atoms with Crippen LogP contribution in [0.15, 0.2) is 11.7 Å². The molecular weight excluding hydrogens is 324 g/mol. The Morgan fingerprint density at radius 1 is 1.40 bits per heavy atom. The third-order valence-corrected chi connectivity index (χ3v) is 4.00. The minimum absolute atomic E-state index is 0. The summed E-state index contributed by atoms with van der Waals surface area (Å²) in [4.78, 5) is 9.53. The fourth-order valence-corrected chi connectivity index (χ4v) is 2.75. The number of hydrogen-bond donors (Lipinski definition) is 2. The van der Waals surface area contributed by atoms with Gasteiger partial charge in [0.15, 0.2) is 12.2 Å². The van der Waals surface area contributed by atoms with E-state index in [1.54, 1.807) is 17.5 Å². The molecule has 20 heavy (non-hydrogen) atoms. The third kappa shape index (κ3) is 4.79. The fourth-order valence-electron chi connectivity index (χ4n) is 1.77. The van der Waals surface area contributed by atoms with Crippen LogP contribution in [0.25, 0.3) is 0 Å². The van der Waals surface area contributed by atoms with Crippen molar-refractivity contribution in [3.05, 3.63) is 33.7 Å². The fraction of sp³-hybridized carbons (Fsp3) is 0.417. The summed E-state index contributed by atoms with van der Waals surface area (Å²) >= 11 is 1.65. The van der Waals surface area contributed by atoms with Gasteiger partial charge in [-0.05, 0) is 6.92 Å². The number of nitrogen functional groups attached to an aromatic ring is 1. The van der Waals surface area contributed by atoms with Gasteiger partial charge in [-0.25, -0.2) is 9.97 Å². The van der Waals surface area contributed by atoms with E-state index < -0.39 is 0 Å². The van der Waals surface area contributed by atoms with Gasteiger partial charge in [0.25, 0.3) is 0 Å². The van der Waals surface area contributed by atoms with Crippen molar-refractivity contribution in [2.45, 2.75) is 26.8 Å². The van der Waals surface area contributed by atoms with Crippen molar-refractivity contribution in [1.29, 1.82) is 0 Å². The predicted octanol–water partition coefficient (Wildman–Crippen LogP) is 0.113. The molecule has 2 aromatic rings. The number of nitrogens with zero attached hydrogens (tertiary/aromatic N) is 3. The number of halogens is 1. The molecule has 2 aromatic heterocycles. The number of thiazole rings is 1. The normalized spacial score (nSPS) is 9.75. The van der Waals surface area contributed by atoms with Gasteiger partial charge < -0.3 is 10.8 Å². The van der Waals surface area contributed by atoms with Crippen LogP contribution in [-0.2, 0) is 13.0 Å². The van der Waals surface area contributed by atoms with Gasteiger partial charge in [-0.2, -0.15) is 4.57 Å². The van der Waals surface area contributed by atoms with Crippen molar-refractivity contribution in [1.82, 2.24) is 9.97 Å². The monoisotopic (exact) mass is 343 g/mol. The van der Waals surface area contributed by atoms with Crippen LogP contribution in [0.4, 0.5) is 5.82 Å². The van der Waals surface area contributed by atoms with Crippen molar-refractivity contribution < 1.29 is 9.67 Å². The number of hydrogen-bond acceptors (Lipinski definition) is 5. The van der Waals surface area contributed by atoms with Gasteiger partial charge in [0.05, 0.1) is 10.4 Å². The number of anilines is 1. The first-order chi connectivity index (χ1) is 8.61. The number of nitrogens with two attached hydrogens (primary N) is 1. The zero-order valence-electron chi connectivity index (χ0n) is 11.0. The van der Waals surface area contributed by atoms with Crippen LogP contribution in [0.3, 0.4) is 0 Å².